The second kappa shape index (κ2) is 7.38. The van der Waals surface area contributed by atoms with Gasteiger partial charge in [-0.2, -0.15) is 11.8 Å². The summed E-state index contributed by atoms with van der Waals surface area (Å²) >= 11 is 1.96. The van der Waals surface area contributed by atoms with Crippen molar-refractivity contribution in [3.63, 3.8) is 0 Å². The molecule has 1 aromatic carbocycles. The molecule has 3 nitrogen and oxygen atoms in total. The average molecular weight is 348 g/mol. The lowest BCUT2D eigenvalue weighted by molar-refractivity contribution is -0.142. The van der Waals surface area contributed by atoms with Gasteiger partial charge in [-0.25, -0.2) is 0 Å². The van der Waals surface area contributed by atoms with Gasteiger partial charge in [0.1, 0.15) is 5.75 Å². The van der Waals surface area contributed by atoms with Gasteiger partial charge in [-0.1, -0.05) is 39.0 Å². The number of nitrogens with zero attached hydrogens (tertiary/aromatic N) is 1. The summed E-state index contributed by atoms with van der Waals surface area (Å²) in [5, 5.41) is 0. The minimum Gasteiger partial charge on any atom is -0.480 e. The molecular formula is C20H29NO2S. The molecule has 24 heavy (non-hydrogen) atoms. The van der Waals surface area contributed by atoms with Gasteiger partial charge in [0.2, 0.25) is 0 Å². The molecule has 0 spiro atoms. The molecule has 1 aromatic rings. The summed E-state index contributed by atoms with van der Waals surface area (Å²) < 4.78 is 6.29. The number of likely N-dealkylation sites (tertiary alicyclic amines) is 1. The zero-order valence-corrected chi connectivity index (χ0v) is 15.9. The molecule has 2 aliphatic heterocycles. The van der Waals surface area contributed by atoms with E-state index in [2.05, 4.69) is 31.7 Å². The number of benzene rings is 1. The van der Waals surface area contributed by atoms with E-state index in [4.69, 9.17) is 4.74 Å². The second-order valence-corrected chi connectivity index (χ2v) is 9.70. The first-order chi connectivity index (χ1) is 11.4. The van der Waals surface area contributed by atoms with Crippen LogP contribution in [0.15, 0.2) is 24.3 Å². The summed E-state index contributed by atoms with van der Waals surface area (Å²) in [4.78, 5) is 15.2. The number of piperidine rings is 1. The van der Waals surface area contributed by atoms with Gasteiger partial charge in [0, 0.05) is 23.1 Å². The van der Waals surface area contributed by atoms with Crippen LogP contribution in [0.1, 0.15) is 52.0 Å². The molecular weight excluding hydrogens is 318 g/mol. The molecule has 1 fully saturated rings. The van der Waals surface area contributed by atoms with Crippen LogP contribution in [0.5, 0.6) is 5.75 Å². The molecule has 0 radical (unpaired) electrons. The third kappa shape index (κ3) is 4.27. The maximum atomic E-state index is 13.1. The van der Waals surface area contributed by atoms with Crippen LogP contribution in [-0.4, -0.2) is 40.0 Å². The third-order valence-electron chi connectivity index (χ3n) is 4.81. The number of rotatable bonds is 3. The van der Waals surface area contributed by atoms with Crippen molar-refractivity contribution >= 4 is 17.7 Å². The van der Waals surface area contributed by atoms with Gasteiger partial charge < -0.3 is 9.64 Å². The molecule has 2 aliphatic rings. The zero-order chi connectivity index (χ0) is 17.2. The van der Waals surface area contributed by atoms with Crippen LogP contribution < -0.4 is 4.74 Å². The summed E-state index contributed by atoms with van der Waals surface area (Å²) in [7, 11) is 0. The fraction of sp³-hybridized carbons (Fsp3) is 0.650. The lowest BCUT2D eigenvalue weighted by atomic mass is 9.98. The smallest absolute Gasteiger partial charge is 0.263 e. The summed E-state index contributed by atoms with van der Waals surface area (Å²) in [6.07, 6.45) is 4.89. The first-order valence-corrected chi connectivity index (χ1v) is 10.1. The lowest BCUT2D eigenvalue weighted by Gasteiger charge is -2.39. The van der Waals surface area contributed by atoms with Crippen molar-refractivity contribution in [3.05, 3.63) is 29.8 Å². The minimum atomic E-state index is -0.305. The predicted octanol–water partition coefficient (Wildman–Crippen LogP) is 4.29. The Bertz CT molecular complexity index is 581. The van der Waals surface area contributed by atoms with Gasteiger partial charge in [-0.15, -0.1) is 0 Å². The number of ether oxygens (including phenoxy) is 1. The Hall–Kier alpha value is -1.16. The highest BCUT2D eigenvalue weighted by molar-refractivity contribution is 8.00. The number of hydrogen-bond donors (Lipinski definition) is 0. The van der Waals surface area contributed by atoms with Crippen molar-refractivity contribution in [3.8, 4) is 5.75 Å². The fourth-order valence-corrected chi connectivity index (χ4v) is 4.53. The summed E-state index contributed by atoms with van der Waals surface area (Å²) in [6, 6.07) is 8.46. The fourth-order valence-electron chi connectivity index (χ4n) is 3.49. The Morgan fingerprint density at radius 1 is 1.25 bits per heavy atom. The molecule has 0 aromatic heterocycles. The van der Waals surface area contributed by atoms with Crippen LogP contribution >= 0.6 is 11.8 Å². The largest absolute Gasteiger partial charge is 0.480 e. The standard InChI is InChI=1S/C20H29NO2S/c1-20(2,3)24-14-16-9-6-7-13-21(16)19(22)18-12-11-15-8-4-5-10-17(15)23-18/h4-5,8,10,16,18H,6-7,9,11-14H2,1-3H3. The topological polar surface area (TPSA) is 29.5 Å². The Balaban J connectivity index is 1.66. The maximum Gasteiger partial charge on any atom is 0.263 e. The van der Waals surface area contributed by atoms with E-state index in [-0.39, 0.29) is 16.8 Å². The van der Waals surface area contributed by atoms with E-state index >= 15 is 0 Å². The molecule has 0 aliphatic carbocycles. The number of carbonyl (C=O) groups excluding carboxylic acids is 1. The molecule has 0 bridgehead atoms. The van der Waals surface area contributed by atoms with Gasteiger partial charge in [0.15, 0.2) is 6.10 Å². The van der Waals surface area contributed by atoms with Crippen molar-refractivity contribution in [1.29, 1.82) is 0 Å². The number of fused-ring (bicyclic) bond motifs is 1. The lowest BCUT2D eigenvalue weighted by Crippen LogP contribution is -2.51. The summed E-state index contributed by atoms with van der Waals surface area (Å²) in [6.45, 7) is 7.62. The van der Waals surface area contributed by atoms with Crippen molar-refractivity contribution < 1.29 is 9.53 Å². The average Bonchev–Trinajstić information content (AvgIpc) is 2.58. The summed E-state index contributed by atoms with van der Waals surface area (Å²) in [5.74, 6) is 2.11. The van der Waals surface area contributed by atoms with Crippen molar-refractivity contribution in [2.75, 3.05) is 12.3 Å². The Morgan fingerprint density at radius 3 is 2.83 bits per heavy atom. The van der Waals surface area contributed by atoms with Crippen molar-refractivity contribution in [2.24, 2.45) is 0 Å². The third-order valence-corrected chi connectivity index (χ3v) is 6.23. The number of carbonyl (C=O) groups is 1. The minimum absolute atomic E-state index is 0.198. The van der Waals surface area contributed by atoms with Gasteiger partial charge in [0.05, 0.1) is 0 Å². The van der Waals surface area contributed by atoms with E-state index in [0.29, 0.717) is 6.04 Å². The van der Waals surface area contributed by atoms with Crippen LogP contribution in [0.4, 0.5) is 0 Å². The molecule has 2 atom stereocenters. The van der Waals surface area contributed by atoms with Crippen LogP contribution in [0, 0.1) is 0 Å². The molecule has 1 saturated heterocycles. The molecule has 2 unspecified atom stereocenters. The quantitative estimate of drug-likeness (QED) is 0.817. The maximum absolute atomic E-state index is 13.1. The second-order valence-electron chi connectivity index (χ2n) is 7.86. The normalized spacial score (nSPS) is 24.2. The van der Waals surface area contributed by atoms with Crippen LogP contribution in [0.3, 0.4) is 0 Å². The predicted molar refractivity (Wildman–Crippen MR) is 101 cm³/mol. The Kier molecular flexibility index (Phi) is 5.43. The van der Waals surface area contributed by atoms with E-state index in [1.54, 1.807) is 0 Å². The molecule has 3 rings (SSSR count). The number of thioether (sulfide) groups is 1. The molecule has 0 N–H and O–H groups in total. The van der Waals surface area contributed by atoms with E-state index in [1.165, 1.54) is 12.0 Å². The Labute approximate surface area is 150 Å². The number of aryl methyl sites for hydroxylation is 1. The number of amides is 1. The highest BCUT2D eigenvalue weighted by Crippen LogP contribution is 2.31. The SMILES string of the molecule is CC(C)(C)SCC1CCCCN1C(=O)C1CCc2ccccc2O1. The number of para-hydroxylation sites is 1. The first kappa shape index (κ1) is 17.7. The molecule has 132 valence electrons. The van der Waals surface area contributed by atoms with E-state index in [1.807, 2.05) is 30.0 Å². The molecule has 2 heterocycles. The highest BCUT2D eigenvalue weighted by atomic mass is 32.2. The zero-order valence-electron chi connectivity index (χ0n) is 15.1. The monoisotopic (exact) mass is 347 g/mol. The first-order valence-electron chi connectivity index (χ1n) is 9.13. The van der Waals surface area contributed by atoms with E-state index < -0.39 is 0 Å². The molecule has 0 saturated carbocycles. The highest BCUT2D eigenvalue weighted by Gasteiger charge is 2.35. The molecule has 4 heteroatoms. The van der Waals surface area contributed by atoms with Crippen molar-refractivity contribution in [1.82, 2.24) is 4.90 Å². The molecule has 1 amide bonds. The number of hydrogen-bond acceptors (Lipinski definition) is 3. The van der Waals surface area contributed by atoms with E-state index in [0.717, 1.165) is 43.7 Å². The van der Waals surface area contributed by atoms with Gasteiger partial charge >= 0.3 is 0 Å². The van der Waals surface area contributed by atoms with Gasteiger partial charge in [-0.05, 0) is 43.7 Å². The van der Waals surface area contributed by atoms with Crippen LogP contribution in [0.2, 0.25) is 0 Å². The van der Waals surface area contributed by atoms with E-state index in [9.17, 15) is 4.79 Å². The summed E-state index contributed by atoms with van der Waals surface area (Å²) in [5.41, 5.74) is 1.22. The Morgan fingerprint density at radius 2 is 2.04 bits per heavy atom. The van der Waals surface area contributed by atoms with Crippen LogP contribution in [0.25, 0.3) is 0 Å². The van der Waals surface area contributed by atoms with Gasteiger partial charge in [-0.3, -0.25) is 4.79 Å². The van der Waals surface area contributed by atoms with Crippen LogP contribution in [-0.2, 0) is 11.2 Å². The van der Waals surface area contributed by atoms with Gasteiger partial charge in [0.25, 0.3) is 5.91 Å². The van der Waals surface area contributed by atoms with Crippen molar-refractivity contribution in [2.45, 2.75) is 69.8 Å².